The highest BCUT2D eigenvalue weighted by Crippen LogP contribution is 2.19. The van der Waals surface area contributed by atoms with E-state index in [0.717, 1.165) is 5.69 Å². The van der Waals surface area contributed by atoms with Gasteiger partial charge in [-0.05, 0) is 25.5 Å². The van der Waals surface area contributed by atoms with Crippen LogP contribution in [0.15, 0.2) is 28.1 Å². The number of benzene rings is 1. The fraction of sp³-hybridized carbons (Fsp3) is 0.214. The van der Waals surface area contributed by atoms with Crippen LogP contribution in [0.3, 0.4) is 0 Å². The highest BCUT2D eigenvalue weighted by molar-refractivity contribution is 6.36. The molecule has 0 unspecified atom stereocenters. The number of aromatic amines is 2. The van der Waals surface area contributed by atoms with E-state index in [2.05, 4.69) is 20.7 Å². The van der Waals surface area contributed by atoms with Gasteiger partial charge < -0.3 is 5.10 Å². The second kappa shape index (κ2) is 7.29. The number of aryl methyl sites for hydroxylation is 1. The van der Waals surface area contributed by atoms with Gasteiger partial charge in [-0.15, -0.1) is 0 Å². The number of rotatable bonds is 5. The van der Waals surface area contributed by atoms with Crippen molar-refractivity contribution < 1.29 is 4.79 Å². The lowest BCUT2D eigenvalue weighted by Crippen LogP contribution is -2.19. The number of hydrogen-bond donors (Lipinski definition) is 3. The molecule has 6 nitrogen and oxygen atoms in total. The van der Waals surface area contributed by atoms with E-state index >= 15 is 0 Å². The molecule has 0 saturated heterocycles. The molecule has 0 bridgehead atoms. The van der Waals surface area contributed by atoms with Gasteiger partial charge >= 0.3 is 0 Å². The van der Waals surface area contributed by atoms with Crippen molar-refractivity contribution in [1.82, 2.24) is 15.6 Å². The zero-order chi connectivity index (χ0) is 16.1. The molecule has 8 heteroatoms. The van der Waals surface area contributed by atoms with Gasteiger partial charge in [-0.2, -0.15) is 5.10 Å². The second-order valence-electron chi connectivity index (χ2n) is 4.64. The van der Waals surface area contributed by atoms with Crippen LogP contribution in [0.25, 0.3) is 0 Å². The summed E-state index contributed by atoms with van der Waals surface area (Å²) in [4.78, 5) is 23.1. The van der Waals surface area contributed by atoms with Crippen LogP contribution in [0, 0.1) is 6.92 Å². The number of nitrogens with zero attached hydrogens (tertiary/aromatic N) is 1. The van der Waals surface area contributed by atoms with Crippen LogP contribution in [0.1, 0.15) is 23.2 Å². The molecule has 2 aromatic rings. The van der Waals surface area contributed by atoms with Crippen LogP contribution < -0.4 is 11.0 Å². The summed E-state index contributed by atoms with van der Waals surface area (Å²) in [7, 11) is 0. The van der Waals surface area contributed by atoms with Crippen LogP contribution in [0.2, 0.25) is 10.0 Å². The molecule has 0 radical (unpaired) electrons. The van der Waals surface area contributed by atoms with E-state index in [4.69, 9.17) is 23.2 Å². The standard InChI is InChI=1S/C14H14Cl2N4O2/c1-8-11(14(22)20-18-8)4-5-13(21)19-17-7-9-2-3-10(15)6-12(9)16/h2-3,6-7H,4-5H2,1H3,(H,19,21)(H2,18,20,22)/b17-7+. The molecule has 0 atom stereocenters. The maximum absolute atomic E-state index is 11.7. The highest BCUT2D eigenvalue weighted by Gasteiger charge is 2.08. The van der Waals surface area contributed by atoms with Gasteiger partial charge in [-0.3, -0.25) is 14.7 Å². The Kier molecular flexibility index (Phi) is 5.41. The SMILES string of the molecule is Cc1[nH][nH]c(=O)c1CCC(=O)N/N=C/c1ccc(Cl)cc1Cl. The summed E-state index contributed by atoms with van der Waals surface area (Å²) < 4.78 is 0. The van der Waals surface area contributed by atoms with Crippen LogP contribution >= 0.6 is 23.2 Å². The summed E-state index contributed by atoms with van der Waals surface area (Å²) >= 11 is 11.8. The quantitative estimate of drug-likeness (QED) is 0.576. The number of nitrogens with one attached hydrogen (secondary N) is 3. The van der Waals surface area contributed by atoms with Gasteiger partial charge in [-0.1, -0.05) is 29.3 Å². The van der Waals surface area contributed by atoms with Crippen molar-refractivity contribution in [2.45, 2.75) is 19.8 Å². The summed E-state index contributed by atoms with van der Waals surface area (Å²) in [5.74, 6) is -0.290. The Morgan fingerprint density at radius 3 is 2.77 bits per heavy atom. The summed E-state index contributed by atoms with van der Waals surface area (Å²) in [6.07, 6.45) is 1.94. The molecule has 2 rings (SSSR count). The van der Waals surface area contributed by atoms with Gasteiger partial charge in [0.25, 0.3) is 5.56 Å². The Hall–Kier alpha value is -2.05. The van der Waals surface area contributed by atoms with Gasteiger partial charge in [0, 0.05) is 28.3 Å². The number of amides is 1. The Labute approximate surface area is 136 Å². The topological polar surface area (TPSA) is 90.1 Å². The lowest BCUT2D eigenvalue weighted by molar-refractivity contribution is -0.121. The first-order valence-corrected chi connectivity index (χ1v) is 7.26. The van der Waals surface area contributed by atoms with Crippen LogP contribution in [-0.4, -0.2) is 22.3 Å². The van der Waals surface area contributed by atoms with E-state index in [1.165, 1.54) is 6.21 Å². The van der Waals surface area contributed by atoms with Crippen LogP contribution in [-0.2, 0) is 11.2 Å². The van der Waals surface area contributed by atoms with Crippen molar-refractivity contribution >= 4 is 35.3 Å². The van der Waals surface area contributed by atoms with Crippen molar-refractivity contribution in [1.29, 1.82) is 0 Å². The van der Waals surface area contributed by atoms with E-state index in [1.807, 2.05) is 0 Å². The first-order chi connectivity index (χ1) is 10.5. The van der Waals surface area contributed by atoms with Gasteiger partial charge in [0.05, 0.1) is 11.2 Å². The van der Waals surface area contributed by atoms with Crippen LogP contribution in [0.5, 0.6) is 0 Å². The number of halogens is 2. The Bertz CT molecular complexity index is 764. The average Bonchev–Trinajstić information content (AvgIpc) is 2.78. The van der Waals surface area contributed by atoms with E-state index in [-0.39, 0.29) is 17.9 Å². The predicted molar refractivity (Wildman–Crippen MR) is 86.7 cm³/mol. The zero-order valence-corrected chi connectivity index (χ0v) is 13.3. The third-order valence-corrected chi connectivity index (χ3v) is 3.61. The molecule has 1 aromatic carbocycles. The summed E-state index contributed by atoms with van der Waals surface area (Å²) in [6, 6.07) is 4.97. The van der Waals surface area contributed by atoms with Gasteiger partial charge in [0.1, 0.15) is 0 Å². The zero-order valence-electron chi connectivity index (χ0n) is 11.7. The largest absolute Gasteiger partial charge is 0.302 e. The molecule has 0 spiro atoms. The molecule has 0 saturated carbocycles. The van der Waals surface area contributed by atoms with Gasteiger partial charge in [0.2, 0.25) is 5.91 Å². The van der Waals surface area contributed by atoms with Crippen LogP contribution in [0.4, 0.5) is 0 Å². The molecule has 0 aliphatic rings. The fourth-order valence-corrected chi connectivity index (χ4v) is 2.30. The number of hydrogen-bond acceptors (Lipinski definition) is 3. The molecular weight excluding hydrogens is 327 g/mol. The normalized spacial score (nSPS) is 11.0. The molecule has 1 amide bonds. The van der Waals surface area contributed by atoms with Crippen molar-refractivity contribution in [2.24, 2.45) is 5.10 Å². The lowest BCUT2D eigenvalue weighted by Gasteiger charge is -2.00. The molecular formula is C14H14Cl2N4O2. The smallest absolute Gasteiger partial charge is 0.267 e. The van der Waals surface area contributed by atoms with Crippen molar-refractivity contribution in [2.75, 3.05) is 0 Å². The number of carbonyl (C=O) groups excluding carboxylic acids is 1. The predicted octanol–water partition coefficient (Wildman–Crippen LogP) is 2.40. The molecule has 0 aliphatic carbocycles. The first kappa shape index (κ1) is 16.3. The molecule has 116 valence electrons. The van der Waals surface area contributed by atoms with E-state index in [1.54, 1.807) is 25.1 Å². The maximum Gasteiger partial charge on any atom is 0.267 e. The lowest BCUT2D eigenvalue weighted by atomic mass is 10.1. The van der Waals surface area contributed by atoms with Crippen molar-refractivity contribution in [3.63, 3.8) is 0 Å². The minimum atomic E-state index is -0.290. The number of hydrazone groups is 1. The molecule has 0 fully saturated rings. The minimum Gasteiger partial charge on any atom is -0.302 e. The molecule has 22 heavy (non-hydrogen) atoms. The third kappa shape index (κ3) is 4.22. The highest BCUT2D eigenvalue weighted by atomic mass is 35.5. The summed E-state index contributed by atoms with van der Waals surface area (Å²) in [6.45, 7) is 1.77. The monoisotopic (exact) mass is 340 g/mol. The number of aromatic nitrogens is 2. The Morgan fingerprint density at radius 1 is 1.36 bits per heavy atom. The Balaban J connectivity index is 1.87. The number of H-pyrrole nitrogens is 2. The van der Waals surface area contributed by atoms with E-state index < -0.39 is 0 Å². The molecule has 1 heterocycles. The Morgan fingerprint density at radius 2 is 2.14 bits per heavy atom. The first-order valence-electron chi connectivity index (χ1n) is 6.50. The summed E-state index contributed by atoms with van der Waals surface area (Å²) in [5.41, 5.74) is 4.13. The third-order valence-electron chi connectivity index (χ3n) is 3.05. The average molecular weight is 341 g/mol. The van der Waals surface area contributed by atoms with E-state index in [9.17, 15) is 9.59 Å². The van der Waals surface area contributed by atoms with Gasteiger partial charge in [-0.25, -0.2) is 5.43 Å². The number of carbonyl (C=O) groups is 1. The van der Waals surface area contributed by atoms with Gasteiger partial charge in [0.15, 0.2) is 0 Å². The molecule has 3 N–H and O–H groups in total. The summed E-state index contributed by atoms with van der Waals surface area (Å²) in [5, 5.41) is 9.98. The van der Waals surface area contributed by atoms with E-state index in [0.29, 0.717) is 27.6 Å². The van der Waals surface area contributed by atoms with Crippen molar-refractivity contribution in [3.05, 3.63) is 55.4 Å². The van der Waals surface area contributed by atoms with Crippen molar-refractivity contribution in [3.8, 4) is 0 Å². The minimum absolute atomic E-state index is 0.160. The maximum atomic E-state index is 11.7. The fourth-order valence-electron chi connectivity index (χ4n) is 1.85. The molecule has 0 aliphatic heterocycles. The molecule has 1 aromatic heterocycles. The second-order valence-corrected chi connectivity index (χ2v) is 5.49.